The average Bonchev–Trinajstić information content (AvgIpc) is 2.85. The minimum atomic E-state index is -0.422. The highest BCUT2D eigenvalue weighted by Crippen LogP contribution is 2.41. The maximum absolute atomic E-state index is 13.3. The third-order valence-electron chi connectivity index (χ3n) is 6.53. The van der Waals surface area contributed by atoms with Crippen LogP contribution in [0.2, 0.25) is 0 Å². The number of aromatic hydroxyl groups is 1. The molecule has 2 N–H and O–H groups in total. The van der Waals surface area contributed by atoms with E-state index in [9.17, 15) is 19.8 Å². The second kappa shape index (κ2) is 11.9. The fourth-order valence-electron chi connectivity index (χ4n) is 4.50. The molecule has 1 aliphatic rings. The number of ether oxygens (including phenoxy) is 1. The van der Waals surface area contributed by atoms with Gasteiger partial charge in [-0.05, 0) is 31.7 Å². The number of hydrogen-bond donors (Lipinski definition) is 2. The number of aromatic nitrogens is 2. The van der Waals surface area contributed by atoms with Gasteiger partial charge >= 0.3 is 0 Å². The SMILES string of the molecule is CCCCOc1c(O)nc(CC2(c3ccccc3)CCC(=O)CC2)nc1C(=O)N(CC)CCO. The molecule has 2 aromatic rings. The second-order valence-corrected chi connectivity index (χ2v) is 8.81. The van der Waals surface area contributed by atoms with E-state index in [2.05, 4.69) is 9.97 Å². The van der Waals surface area contributed by atoms with Crippen molar-refractivity contribution in [3.8, 4) is 11.6 Å². The molecule has 1 fully saturated rings. The number of unbranched alkanes of at least 4 members (excludes halogenated alkanes) is 1. The summed E-state index contributed by atoms with van der Waals surface area (Å²) in [5, 5.41) is 20.2. The van der Waals surface area contributed by atoms with Gasteiger partial charge in [0.1, 0.15) is 11.6 Å². The summed E-state index contributed by atoms with van der Waals surface area (Å²) in [6.45, 7) is 4.52. The Hall–Kier alpha value is -3.00. The first-order chi connectivity index (χ1) is 16.4. The minimum Gasteiger partial charge on any atom is -0.491 e. The molecule has 1 heterocycles. The third kappa shape index (κ3) is 5.91. The molecule has 1 aromatic heterocycles. The number of carbonyl (C=O) groups excluding carboxylic acids is 2. The van der Waals surface area contributed by atoms with Gasteiger partial charge in [-0.15, -0.1) is 0 Å². The predicted molar refractivity (Wildman–Crippen MR) is 128 cm³/mol. The zero-order valence-electron chi connectivity index (χ0n) is 20.1. The smallest absolute Gasteiger partial charge is 0.276 e. The first-order valence-corrected chi connectivity index (χ1v) is 12.1. The standard InChI is InChI=1S/C26H35N3O5/c1-3-5-17-34-23-22(25(33)29(4-2)15-16-30)27-21(28-24(23)32)18-26(13-11-20(31)12-14-26)19-9-7-6-8-10-19/h6-10,30H,3-5,11-18H2,1-2H3,(H,27,28,32). The normalized spacial score (nSPS) is 15.2. The summed E-state index contributed by atoms with van der Waals surface area (Å²) in [7, 11) is 0. The van der Waals surface area contributed by atoms with Crippen molar-refractivity contribution in [3.63, 3.8) is 0 Å². The van der Waals surface area contributed by atoms with Crippen molar-refractivity contribution in [1.82, 2.24) is 14.9 Å². The van der Waals surface area contributed by atoms with Crippen LogP contribution in [0.3, 0.4) is 0 Å². The van der Waals surface area contributed by atoms with Gasteiger partial charge in [0.2, 0.25) is 5.75 Å². The van der Waals surface area contributed by atoms with Gasteiger partial charge in [0, 0.05) is 37.8 Å². The summed E-state index contributed by atoms with van der Waals surface area (Å²) in [4.78, 5) is 35.7. The number of Topliss-reactive ketones (excluding diaryl/α,β-unsaturated/α-hetero) is 1. The molecule has 0 aliphatic heterocycles. The molecule has 0 radical (unpaired) electrons. The van der Waals surface area contributed by atoms with E-state index in [0.29, 0.717) is 51.1 Å². The minimum absolute atomic E-state index is 0.00370. The number of carbonyl (C=O) groups is 2. The fourth-order valence-corrected chi connectivity index (χ4v) is 4.50. The maximum atomic E-state index is 13.3. The molecule has 0 saturated heterocycles. The molecular formula is C26H35N3O5. The Morgan fingerprint density at radius 2 is 1.85 bits per heavy atom. The number of likely N-dealkylation sites (N-methyl/N-ethyl adjacent to an activating group) is 1. The number of rotatable bonds is 11. The van der Waals surface area contributed by atoms with Crippen molar-refractivity contribution in [2.45, 2.75) is 64.2 Å². The molecule has 0 unspecified atom stereocenters. The molecule has 3 rings (SSSR count). The van der Waals surface area contributed by atoms with Crippen LogP contribution in [-0.4, -0.2) is 63.1 Å². The summed E-state index contributed by atoms with van der Waals surface area (Å²) in [5.41, 5.74) is 0.739. The van der Waals surface area contributed by atoms with Crippen LogP contribution in [0.4, 0.5) is 0 Å². The Bertz CT molecular complexity index is 970. The number of aliphatic hydroxyl groups excluding tert-OH is 1. The van der Waals surface area contributed by atoms with Crippen LogP contribution in [-0.2, 0) is 16.6 Å². The molecular weight excluding hydrogens is 434 g/mol. The average molecular weight is 470 g/mol. The van der Waals surface area contributed by atoms with Crippen LogP contribution in [0.25, 0.3) is 0 Å². The first kappa shape index (κ1) is 25.6. The van der Waals surface area contributed by atoms with Gasteiger partial charge in [0.05, 0.1) is 13.2 Å². The van der Waals surface area contributed by atoms with E-state index >= 15 is 0 Å². The highest BCUT2D eigenvalue weighted by Gasteiger charge is 2.38. The zero-order valence-corrected chi connectivity index (χ0v) is 20.1. The summed E-state index contributed by atoms with van der Waals surface area (Å²) in [6.07, 6.45) is 4.31. The lowest BCUT2D eigenvalue weighted by atomic mass is 9.67. The lowest BCUT2D eigenvalue weighted by Gasteiger charge is -2.37. The van der Waals surface area contributed by atoms with Gasteiger partial charge in [-0.25, -0.2) is 4.98 Å². The maximum Gasteiger partial charge on any atom is 0.276 e. The van der Waals surface area contributed by atoms with E-state index < -0.39 is 5.91 Å². The summed E-state index contributed by atoms with van der Waals surface area (Å²) >= 11 is 0. The molecule has 1 aliphatic carbocycles. The molecule has 34 heavy (non-hydrogen) atoms. The molecule has 8 heteroatoms. The quantitative estimate of drug-likeness (QED) is 0.485. The van der Waals surface area contributed by atoms with E-state index in [4.69, 9.17) is 4.74 Å². The van der Waals surface area contributed by atoms with Crippen LogP contribution >= 0.6 is 0 Å². The van der Waals surface area contributed by atoms with Crippen LogP contribution < -0.4 is 4.74 Å². The van der Waals surface area contributed by atoms with E-state index in [1.54, 1.807) is 0 Å². The van der Waals surface area contributed by atoms with Gasteiger partial charge in [-0.2, -0.15) is 4.98 Å². The highest BCUT2D eigenvalue weighted by atomic mass is 16.5. The van der Waals surface area contributed by atoms with E-state index in [1.807, 2.05) is 44.2 Å². The molecule has 1 saturated carbocycles. The molecule has 0 spiro atoms. The lowest BCUT2D eigenvalue weighted by molar-refractivity contribution is -0.121. The molecule has 184 valence electrons. The lowest BCUT2D eigenvalue weighted by Crippen LogP contribution is -2.36. The van der Waals surface area contributed by atoms with Crippen LogP contribution in [0.1, 0.15) is 74.2 Å². The number of aliphatic hydroxyl groups is 1. The molecule has 0 atom stereocenters. The van der Waals surface area contributed by atoms with Crippen molar-refractivity contribution < 1.29 is 24.5 Å². The topological polar surface area (TPSA) is 113 Å². The van der Waals surface area contributed by atoms with Gasteiger partial charge < -0.3 is 19.8 Å². The predicted octanol–water partition coefficient (Wildman–Crippen LogP) is 3.44. The van der Waals surface area contributed by atoms with Crippen molar-refractivity contribution >= 4 is 11.7 Å². The number of nitrogens with zero attached hydrogens (tertiary/aromatic N) is 3. The first-order valence-electron chi connectivity index (χ1n) is 12.1. The van der Waals surface area contributed by atoms with Crippen LogP contribution in [0.15, 0.2) is 30.3 Å². The van der Waals surface area contributed by atoms with Crippen LogP contribution in [0, 0.1) is 0 Å². The fraction of sp³-hybridized carbons (Fsp3) is 0.538. The number of ketones is 1. The molecule has 1 amide bonds. The third-order valence-corrected chi connectivity index (χ3v) is 6.53. The summed E-state index contributed by atoms with van der Waals surface area (Å²) in [5.74, 6) is -0.226. The largest absolute Gasteiger partial charge is 0.491 e. The summed E-state index contributed by atoms with van der Waals surface area (Å²) in [6, 6.07) is 9.99. The Morgan fingerprint density at radius 3 is 2.47 bits per heavy atom. The Morgan fingerprint density at radius 1 is 1.15 bits per heavy atom. The Kier molecular flexibility index (Phi) is 8.98. The van der Waals surface area contributed by atoms with E-state index in [0.717, 1.165) is 18.4 Å². The van der Waals surface area contributed by atoms with Crippen molar-refractivity contribution in [2.75, 3.05) is 26.3 Å². The number of benzene rings is 1. The molecule has 0 bridgehead atoms. The van der Waals surface area contributed by atoms with Gasteiger partial charge in [0.25, 0.3) is 11.8 Å². The zero-order chi connectivity index (χ0) is 24.6. The van der Waals surface area contributed by atoms with Crippen molar-refractivity contribution in [2.24, 2.45) is 0 Å². The number of amides is 1. The molecule has 8 nitrogen and oxygen atoms in total. The van der Waals surface area contributed by atoms with Crippen LogP contribution in [0.5, 0.6) is 11.6 Å². The van der Waals surface area contributed by atoms with E-state index in [1.165, 1.54) is 4.90 Å². The Balaban J connectivity index is 2.02. The van der Waals surface area contributed by atoms with Gasteiger partial charge in [-0.1, -0.05) is 43.7 Å². The monoisotopic (exact) mass is 469 g/mol. The second-order valence-electron chi connectivity index (χ2n) is 8.81. The van der Waals surface area contributed by atoms with Gasteiger partial charge in [0.15, 0.2) is 5.69 Å². The highest BCUT2D eigenvalue weighted by molar-refractivity contribution is 5.95. The van der Waals surface area contributed by atoms with Gasteiger partial charge in [-0.3, -0.25) is 9.59 Å². The summed E-state index contributed by atoms with van der Waals surface area (Å²) < 4.78 is 5.74. The van der Waals surface area contributed by atoms with Crippen molar-refractivity contribution in [3.05, 3.63) is 47.4 Å². The number of hydrogen-bond acceptors (Lipinski definition) is 7. The Labute approximate surface area is 201 Å². The van der Waals surface area contributed by atoms with Crippen molar-refractivity contribution in [1.29, 1.82) is 0 Å². The van der Waals surface area contributed by atoms with E-state index in [-0.39, 0.29) is 41.7 Å². The molecule has 1 aromatic carbocycles.